The molecule has 2 aromatic rings. The van der Waals surface area contributed by atoms with E-state index in [-0.39, 0.29) is 0 Å². The highest BCUT2D eigenvalue weighted by atomic mass is 16.5. The van der Waals surface area contributed by atoms with E-state index < -0.39 is 0 Å². The van der Waals surface area contributed by atoms with E-state index in [1.54, 1.807) is 0 Å². The molecule has 0 aromatic heterocycles. The van der Waals surface area contributed by atoms with Crippen molar-refractivity contribution in [2.75, 3.05) is 38.0 Å². The van der Waals surface area contributed by atoms with Crippen LogP contribution in [0.5, 0.6) is 11.5 Å². The zero-order chi connectivity index (χ0) is 36.8. The number of rotatable bonds is 34. The Labute approximate surface area is 318 Å². The lowest BCUT2D eigenvalue weighted by Gasteiger charge is -2.20. The Balaban J connectivity index is 1.79. The predicted molar refractivity (Wildman–Crippen MR) is 230 cm³/mol. The molecule has 0 unspecified atom stereocenters. The van der Waals surface area contributed by atoms with Gasteiger partial charge in [0.1, 0.15) is 11.5 Å². The number of ether oxygens (including phenoxy) is 1. The molecule has 0 spiro atoms. The lowest BCUT2D eigenvalue weighted by molar-refractivity contribution is 0.466. The number of nitrogens with zero attached hydrogens (tertiary/aromatic N) is 2. The lowest BCUT2D eigenvalue weighted by Crippen LogP contribution is -2.10. The Hall–Kier alpha value is -2.16. The molecule has 2 aromatic carbocycles. The second-order valence-corrected chi connectivity index (χ2v) is 16.2. The van der Waals surface area contributed by atoms with Crippen LogP contribution in [0.2, 0.25) is 0 Å². The molecule has 0 saturated carbocycles. The molecular formula is C48H84N2O. The van der Waals surface area contributed by atoms with E-state index in [0.29, 0.717) is 0 Å². The molecule has 0 saturated heterocycles. The third kappa shape index (κ3) is 21.8. The molecule has 292 valence electrons. The fourth-order valence-corrected chi connectivity index (χ4v) is 7.42. The van der Waals surface area contributed by atoms with E-state index in [2.05, 4.69) is 88.2 Å². The van der Waals surface area contributed by atoms with Crippen molar-refractivity contribution in [1.29, 1.82) is 0 Å². The minimum atomic E-state index is 1.04. The summed E-state index contributed by atoms with van der Waals surface area (Å²) in [6.45, 7) is 4.61. The predicted octanol–water partition coefficient (Wildman–Crippen LogP) is 15.7. The van der Waals surface area contributed by atoms with Crippen LogP contribution in [0.1, 0.15) is 205 Å². The first-order valence-electron chi connectivity index (χ1n) is 22.2. The van der Waals surface area contributed by atoms with Crippen LogP contribution in [0.25, 0.3) is 0 Å². The summed E-state index contributed by atoms with van der Waals surface area (Å²) in [4.78, 5) is 4.43. The van der Waals surface area contributed by atoms with Gasteiger partial charge in [0.05, 0.1) is 0 Å². The average molecular weight is 705 g/mol. The van der Waals surface area contributed by atoms with E-state index in [4.69, 9.17) is 4.74 Å². The van der Waals surface area contributed by atoms with Crippen LogP contribution in [0.4, 0.5) is 11.4 Å². The fourth-order valence-electron chi connectivity index (χ4n) is 7.42. The molecular weight excluding hydrogens is 621 g/mol. The van der Waals surface area contributed by atoms with Gasteiger partial charge in [-0.25, -0.2) is 0 Å². The first kappa shape index (κ1) is 45.0. The summed E-state index contributed by atoms with van der Waals surface area (Å²) in [5.74, 6) is 2.07. The number of benzene rings is 2. The van der Waals surface area contributed by atoms with Crippen LogP contribution in [-0.4, -0.2) is 28.2 Å². The summed E-state index contributed by atoms with van der Waals surface area (Å²) >= 11 is 0. The van der Waals surface area contributed by atoms with Gasteiger partial charge < -0.3 is 14.5 Å². The molecule has 0 amide bonds. The summed E-state index contributed by atoms with van der Waals surface area (Å²) in [6, 6.07) is 13.6. The highest BCUT2D eigenvalue weighted by Crippen LogP contribution is 2.34. The molecule has 51 heavy (non-hydrogen) atoms. The van der Waals surface area contributed by atoms with E-state index in [9.17, 15) is 0 Å². The summed E-state index contributed by atoms with van der Waals surface area (Å²) in [5.41, 5.74) is 5.21. The second-order valence-electron chi connectivity index (χ2n) is 16.2. The Morgan fingerprint density at radius 3 is 0.863 bits per heavy atom. The Morgan fingerprint density at radius 2 is 0.608 bits per heavy atom. The number of aryl methyl sites for hydroxylation is 2. The summed E-state index contributed by atoms with van der Waals surface area (Å²) < 4.78 is 6.81. The van der Waals surface area contributed by atoms with Gasteiger partial charge in [-0.05, 0) is 73.2 Å². The van der Waals surface area contributed by atoms with Crippen molar-refractivity contribution >= 4 is 11.4 Å². The smallest absolute Gasteiger partial charge is 0.130 e. The zero-order valence-corrected chi connectivity index (χ0v) is 35.0. The van der Waals surface area contributed by atoms with Gasteiger partial charge in [0.25, 0.3) is 0 Å². The molecule has 3 heteroatoms. The van der Waals surface area contributed by atoms with Crippen molar-refractivity contribution < 1.29 is 4.74 Å². The van der Waals surface area contributed by atoms with Crippen LogP contribution in [0.15, 0.2) is 36.4 Å². The van der Waals surface area contributed by atoms with Crippen LogP contribution >= 0.6 is 0 Å². The van der Waals surface area contributed by atoms with Crippen LogP contribution in [0, 0.1) is 0 Å². The van der Waals surface area contributed by atoms with E-state index in [0.717, 1.165) is 24.3 Å². The highest BCUT2D eigenvalue weighted by molar-refractivity contribution is 5.56. The van der Waals surface area contributed by atoms with Crippen LogP contribution < -0.4 is 14.5 Å². The number of hydrogen-bond acceptors (Lipinski definition) is 3. The van der Waals surface area contributed by atoms with Gasteiger partial charge >= 0.3 is 0 Å². The van der Waals surface area contributed by atoms with Gasteiger partial charge in [0.15, 0.2) is 0 Å². The third-order valence-electron chi connectivity index (χ3n) is 10.9. The molecule has 0 aliphatic heterocycles. The molecule has 0 bridgehead atoms. The van der Waals surface area contributed by atoms with Crippen molar-refractivity contribution in [1.82, 2.24) is 0 Å². The average Bonchev–Trinajstić information content (AvgIpc) is 3.12. The van der Waals surface area contributed by atoms with Crippen molar-refractivity contribution in [2.24, 2.45) is 0 Å². The van der Waals surface area contributed by atoms with Crippen LogP contribution in [0.3, 0.4) is 0 Å². The van der Waals surface area contributed by atoms with Crippen LogP contribution in [-0.2, 0) is 12.8 Å². The maximum absolute atomic E-state index is 6.81. The SMILES string of the molecule is CCCCCCCCCCCCCCCCc1cc(N(C)C)ccc1Oc1ccc(N(C)C)cc1CCCCCCCCCCCCCCCC. The Kier molecular flexibility index (Phi) is 26.7. The molecule has 3 nitrogen and oxygen atoms in total. The molecule has 0 atom stereocenters. The molecule has 0 fully saturated rings. The third-order valence-corrected chi connectivity index (χ3v) is 10.9. The van der Waals surface area contributed by atoms with Gasteiger partial charge in [-0.2, -0.15) is 0 Å². The molecule has 0 N–H and O–H groups in total. The van der Waals surface area contributed by atoms with Gasteiger partial charge in [-0.1, -0.05) is 181 Å². The normalized spacial score (nSPS) is 11.3. The number of unbranched alkanes of at least 4 members (excludes halogenated alkanes) is 26. The van der Waals surface area contributed by atoms with Gasteiger partial charge in [0, 0.05) is 39.6 Å². The van der Waals surface area contributed by atoms with Gasteiger partial charge in [0.2, 0.25) is 0 Å². The van der Waals surface area contributed by atoms with Crippen molar-refractivity contribution in [3.63, 3.8) is 0 Å². The molecule has 2 rings (SSSR count). The fraction of sp³-hybridized carbons (Fsp3) is 0.750. The van der Waals surface area contributed by atoms with Gasteiger partial charge in [-0.3, -0.25) is 0 Å². The maximum Gasteiger partial charge on any atom is 0.130 e. The van der Waals surface area contributed by atoms with E-state index in [1.807, 2.05) is 0 Å². The van der Waals surface area contributed by atoms with Crippen molar-refractivity contribution in [3.05, 3.63) is 47.5 Å². The summed E-state index contributed by atoms with van der Waals surface area (Å²) in [5, 5.41) is 0. The second kappa shape index (κ2) is 30.3. The Bertz CT molecular complexity index is 1010. The molecule has 0 radical (unpaired) electrons. The highest BCUT2D eigenvalue weighted by Gasteiger charge is 2.13. The number of hydrogen-bond donors (Lipinski definition) is 0. The summed E-state index contributed by atoms with van der Waals surface area (Å²) in [7, 11) is 8.56. The Morgan fingerprint density at radius 1 is 0.353 bits per heavy atom. The topological polar surface area (TPSA) is 15.7 Å². The minimum absolute atomic E-state index is 1.04. The maximum atomic E-state index is 6.81. The summed E-state index contributed by atoms with van der Waals surface area (Å²) in [6.07, 6.45) is 41.2. The minimum Gasteiger partial charge on any atom is -0.457 e. The van der Waals surface area contributed by atoms with Crippen molar-refractivity contribution in [2.45, 2.75) is 206 Å². The first-order valence-corrected chi connectivity index (χ1v) is 22.2. The van der Waals surface area contributed by atoms with Crippen molar-refractivity contribution in [3.8, 4) is 11.5 Å². The molecule has 0 heterocycles. The molecule has 0 aliphatic rings. The first-order chi connectivity index (χ1) is 25.0. The quantitative estimate of drug-likeness (QED) is 0.0675. The molecule has 0 aliphatic carbocycles. The van der Waals surface area contributed by atoms with E-state index >= 15 is 0 Å². The largest absolute Gasteiger partial charge is 0.457 e. The standard InChI is InChI=1S/C48H84N2O/c1-7-9-11-13-15-17-19-21-23-25-27-29-31-33-35-43-41-45(49(3)4)37-39-47(43)51-48-40-38-46(50(5)6)42-44(48)36-34-32-30-28-26-24-22-20-18-16-14-12-10-8-2/h37-42H,7-36H2,1-6H3. The monoisotopic (exact) mass is 705 g/mol. The van der Waals surface area contributed by atoms with Gasteiger partial charge in [-0.15, -0.1) is 0 Å². The zero-order valence-electron chi connectivity index (χ0n) is 35.0. The van der Waals surface area contributed by atoms with E-state index in [1.165, 1.54) is 202 Å². The lowest BCUT2D eigenvalue weighted by atomic mass is 10.0. The number of anilines is 2.